The summed E-state index contributed by atoms with van der Waals surface area (Å²) < 4.78 is 29.1. The number of thioether (sulfide) groups is 1. The van der Waals surface area contributed by atoms with E-state index in [-0.39, 0.29) is 17.3 Å². The lowest BCUT2D eigenvalue weighted by atomic mass is 10.2. The molecule has 1 aliphatic rings. The second kappa shape index (κ2) is 8.67. The maximum Gasteiger partial charge on any atom is 0.246 e. The summed E-state index contributed by atoms with van der Waals surface area (Å²) in [5.74, 6) is -0.245. The minimum Gasteiger partial charge on any atom is -0.324 e. The zero-order chi connectivity index (χ0) is 20.3. The predicted octanol–water partition coefficient (Wildman–Crippen LogP) is 3.04. The lowest BCUT2D eigenvalue weighted by Gasteiger charge is -2.25. The fourth-order valence-corrected chi connectivity index (χ4v) is 5.83. The molecule has 9 heteroatoms. The quantitative estimate of drug-likeness (QED) is 0.724. The molecule has 0 aliphatic carbocycles. The van der Waals surface area contributed by atoms with Crippen molar-refractivity contribution in [2.45, 2.75) is 49.4 Å². The van der Waals surface area contributed by atoms with Crippen LogP contribution >= 0.6 is 11.8 Å². The Morgan fingerprint density at radius 2 is 1.93 bits per heavy atom. The molecule has 2 heterocycles. The van der Waals surface area contributed by atoms with Crippen molar-refractivity contribution in [1.29, 1.82) is 0 Å². The maximum absolute atomic E-state index is 13.1. The van der Waals surface area contributed by atoms with Gasteiger partial charge >= 0.3 is 0 Å². The van der Waals surface area contributed by atoms with Crippen LogP contribution in [-0.2, 0) is 21.4 Å². The first kappa shape index (κ1) is 20.9. The number of nitrogens with zero attached hydrogens (tertiary/aromatic N) is 3. The van der Waals surface area contributed by atoms with Crippen molar-refractivity contribution in [2.75, 3.05) is 24.7 Å². The van der Waals surface area contributed by atoms with Crippen LogP contribution < -0.4 is 5.32 Å². The van der Waals surface area contributed by atoms with Crippen LogP contribution in [0, 0.1) is 13.8 Å². The van der Waals surface area contributed by atoms with E-state index in [9.17, 15) is 13.2 Å². The summed E-state index contributed by atoms with van der Waals surface area (Å²) in [4.78, 5) is 13.7. The van der Waals surface area contributed by atoms with Gasteiger partial charge in [0.25, 0.3) is 0 Å². The number of sulfonamides is 1. The number of rotatable bonds is 6. The average molecular weight is 423 g/mol. The number of aryl methyl sites for hydroxylation is 1. The molecule has 1 aromatic heterocycles. The zero-order valence-electron chi connectivity index (χ0n) is 16.4. The van der Waals surface area contributed by atoms with Crippen molar-refractivity contribution in [3.05, 3.63) is 35.7 Å². The molecule has 0 unspecified atom stereocenters. The molecule has 1 fully saturated rings. The van der Waals surface area contributed by atoms with Gasteiger partial charge in [0, 0.05) is 23.7 Å². The summed E-state index contributed by atoms with van der Waals surface area (Å²) in [5, 5.41) is 7.18. The molecule has 0 atom stereocenters. The Morgan fingerprint density at radius 1 is 1.21 bits per heavy atom. The van der Waals surface area contributed by atoms with Gasteiger partial charge in [-0.15, -0.1) is 11.8 Å². The number of piperidine rings is 1. The molecule has 1 saturated heterocycles. The number of aromatic nitrogens is 2. The van der Waals surface area contributed by atoms with Gasteiger partial charge in [-0.25, -0.2) is 8.42 Å². The van der Waals surface area contributed by atoms with Crippen molar-refractivity contribution in [2.24, 2.45) is 0 Å². The monoisotopic (exact) mass is 422 g/mol. The van der Waals surface area contributed by atoms with Crippen LogP contribution in [0.1, 0.15) is 30.7 Å². The van der Waals surface area contributed by atoms with Gasteiger partial charge in [0.1, 0.15) is 11.4 Å². The molecule has 1 N–H and O–H groups in total. The number of anilines is 1. The van der Waals surface area contributed by atoms with Gasteiger partial charge in [-0.1, -0.05) is 12.5 Å². The molecule has 152 valence electrons. The highest BCUT2D eigenvalue weighted by molar-refractivity contribution is 7.98. The number of hydrogen-bond donors (Lipinski definition) is 1. The van der Waals surface area contributed by atoms with Crippen LogP contribution in [0.25, 0.3) is 0 Å². The van der Waals surface area contributed by atoms with E-state index in [2.05, 4.69) is 10.4 Å². The molecule has 1 aliphatic heterocycles. The first-order valence-electron chi connectivity index (χ1n) is 9.31. The topological polar surface area (TPSA) is 84.3 Å². The molecule has 0 bridgehead atoms. The third-order valence-corrected chi connectivity index (χ3v) is 7.75. The van der Waals surface area contributed by atoms with E-state index in [1.165, 1.54) is 8.99 Å². The van der Waals surface area contributed by atoms with Crippen molar-refractivity contribution >= 4 is 33.4 Å². The highest BCUT2D eigenvalue weighted by atomic mass is 32.2. The molecular formula is C19H26N4O3S2. The Hall–Kier alpha value is -1.84. The third kappa shape index (κ3) is 4.42. The fraction of sp³-hybridized carbons (Fsp3) is 0.474. The van der Waals surface area contributed by atoms with E-state index in [0.29, 0.717) is 30.2 Å². The highest BCUT2D eigenvalue weighted by Gasteiger charge is 2.32. The Balaban J connectivity index is 1.78. The van der Waals surface area contributed by atoms with Gasteiger partial charge in [0.2, 0.25) is 15.9 Å². The molecule has 1 amide bonds. The summed E-state index contributed by atoms with van der Waals surface area (Å²) in [7, 11) is -3.59. The summed E-state index contributed by atoms with van der Waals surface area (Å²) in [6.07, 6.45) is 4.79. The first-order chi connectivity index (χ1) is 13.3. The second-order valence-corrected chi connectivity index (χ2v) is 9.66. The lowest BCUT2D eigenvalue weighted by molar-refractivity contribution is -0.116. The average Bonchev–Trinajstić information content (AvgIpc) is 2.96. The molecule has 0 saturated carbocycles. The summed E-state index contributed by atoms with van der Waals surface area (Å²) >= 11 is 1.60. The number of carbonyl (C=O) groups is 1. The minimum atomic E-state index is -3.59. The smallest absolute Gasteiger partial charge is 0.246 e. The van der Waals surface area contributed by atoms with Gasteiger partial charge in [-0.3, -0.25) is 9.48 Å². The summed E-state index contributed by atoms with van der Waals surface area (Å²) in [6, 6.07) is 7.58. The normalized spacial score (nSPS) is 15.5. The van der Waals surface area contributed by atoms with E-state index >= 15 is 0 Å². The standard InChI is InChI=1S/C19H26N4O3S2/c1-14-19(28(25,26)22-10-5-4-6-11-22)15(2)23(21-14)13-18(24)20-16-8-7-9-17(12-16)27-3/h7-9,12H,4-6,10-11,13H2,1-3H3,(H,20,24). The molecule has 0 spiro atoms. The molecular weight excluding hydrogens is 396 g/mol. The molecule has 1 aromatic carbocycles. The maximum atomic E-state index is 13.1. The Labute approximate surface area is 170 Å². The van der Waals surface area contributed by atoms with Gasteiger partial charge in [-0.2, -0.15) is 9.40 Å². The Morgan fingerprint density at radius 3 is 2.61 bits per heavy atom. The van der Waals surface area contributed by atoms with E-state index in [1.54, 1.807) is 25.6 Å². The fourth-order valence-electron chi connectivity index (χ4n) is 3.48. The molecule has 3 rings (SSSR count). The van der Waals surface area contributed by atoms with Gasteiger partial charge in [0.15, 0.2) is 0 Å². The summed E-state index contributed by atoms with van der Waals surface area (Å²) in [6.45, 7) is 4.43. The minimum absolute atomic E-state index is 0.0360. The second-order valence-electron chi connectivity index (χ2n) is 6.90. The van der Waals surface area contributed by atoms with E-state index < -0.39 is 10.0 Å². The molecule has 28 heavy (non-hydrogen) atoms. The lowest BCUT2D eigenvalue weighted by Crippen LogP contribution is -2.36. The number of hydrogen-bond acceptors (Lipinski definition) is 5. The zero-order valence-corrected chi connectivity index (χ0v) is 18.1. The van der Waals surface area contributed by atoms with Crippen LogP contribution in [0.5, 0.6) is 0 Å². The Bertz CT molecular complexity index is 964. The predicted molar refractivity (Wildman–Crippen MR) is 111 cm³/mol. The van der Waals surface area contributed by atoms with Crippen LogP contribution in [-0.4, -0.2) is 47.8 Å². The largest absolute Gasteiger partial charge is 0.324 e. The van der Waals surface area contributed by atoms with Gasteiger partial charge in [0.05, 0.1) is 11.4 Å². The van der Waals surface area contributed by atoms with Crippen molar-refractivity contribution in [3.8, 4) is 0 Å². The van der Waals surface area contributed by atoms with Crippen LogP contribution in [0.15, 0.2) is 34.1 Å². The first-order valence-corrected chi connectivity index (χ1v) is 12.0. The van der Waals surface area contributed by atoms with Crippen molar-refractivity contribution in [1.82, 2.24) is 14.1 Å². The Kier molecular flexibility index (Phi) is 6.47. The van der Waals surface area contributed by atoms with Crippen molar-refractivity contribution < 1.29 is 13.2 Å². The van der Waals surface area contributed by atoms with E-state index in [4.69, 9.17) is 0 Å². The van der Waals surface area contributed by atoms with E-state index in [1.807, 2.05) is 30.5 Å². The summed E-state index contributed by atoms with van der Waals surface area (Å²) in [5.41, 5.74) is 1.64. The molecule has 2 aromatic rings. The van der Waals surface area contributed by atoms with Crippen LogP contribution in [0.2, 0.25) is 0 Å². The van der Waals surface area contributed by atoms with Crippen LogP contribution in [0.3, 0.4) is 0 Å². The molecule has 0 radical (unpaired) electrons. The third-order valence-electron chi connectivity index (χ3n) is 4.87. The van der Waals surface area contributed by atoms with Gasteiger partial charge in [-0.05, 0) is 51.1 Å². The van der Waals surface area contributed by atoms with E-state index in [0.717, 1.165) is 24.2 Å². The number of carbonyl (C=O) groups excluding carboxylic acids is 1. The highest BCUT2D eigenvalue weighted by Crippen LogP contribution is 2.26. The van der Waals surface area contributed by atoms with Crippen molar-refractivity contribution in [3.63, 3.8) is 0 Å². The SMILES string of the molecule is CSc1cccc(NC(=O)Cn2nc(C)c(S(=O)(=O)N3CCCCC3)c2C)c1. The number of benzene rings is 1. The molecule has 7 nitrogen and oxygen atoms in total. The van der Waals surface area contributed by atoms with Crippen LogP contribution in [0.4, 0.5) is 5.69 Å². The van der Waals surface area contributed by atoms with Gasteiger partial charge < -0.3 is 5.32 Å². The number of nitrogens with one attached hydrogen (secondary N) is 1. The number of amides is 1.